The molecule has 0 radical (unpaired) electrons. The summed E-state index contributed by atoms with van der Waals surface area (Å²) in [6, 6.07) is 0. The third-order valence-corrected chi connectivity index (χ3v) is 2.91. The molecule has 0 aliphatic rings. The van der Waals surface area contributed by atoms with E-state index in [4.69, 9.17) is 4.43 Å². The van der Waals surface area contributed by atoms with Gasteiger partial charge in [0.2, 0.25) is 0 Å². The van der Waals surface area contributed by atoms with Gasteiger partial charge in [-0.15, -0.1) is 0 Å². The zero-order valence-electron chi connectivity index (χ0n) is 7.85. The highest BCUT2D eigenvalue weighted by molar-refractivity contribution is 6.48. The highest BCUT2D eigenvalue weighted by atomic mass is 28.3. The second-order valence-corrected chi connectivity index (χ2v) is 5.65. The number of hydrogen-bond acceptors (Lipinski definition) is 1. The zero-order chi connectivity index (χ0) is 8.15. The maximum Gasteiger partial charge on any atom is 0.171 e. The summed E-state index contributed by atoms with van der Waals surface area (Å²) in [4.78, 5) is 0. The van der Waals surface area contributed by atoms with E-state index in [0.717, 1.165) is 5.92 Å². The number of rotatable bonds is 4. The molecule has 0 N–H and O–H groups in total. The first-order chi connectivity index (χ1) is 4.57. The molecule has 0 rings (SSSR count). The van der Waals surface area contributed by atoms with Crippen molar-refractivity contribution >= 4 is 9.04 Å². The fraction of sp³-hybridized carbons (Fsp3) is 1.00. The summed E-state index contributed by atoms with van der Waals surface area (Å²) in [5.74, 6) is 0.717. The van der Waals surface area contributed by atoms with Crippen LogP contribution in [0.25, 0.3) is 0 Å². The van der Waals surface area contributed by atoms with Crippen LogP contribution in [0.3, 0.4) is 0 Å². The van der Waals surface area contributed by atoms with Crippen LogP contribution in [0, 0.1) is 5.92 Å². The monoisotopic (exact) mass is 160 g/mol. The lowest BCUT2D eigenvalue weighted by molar-refractivity contribution is 0.160. The van der Waals surface area contributed by atoms with Gasteiger partial charge in [0.15, 0.2) is 9.04 Å². The molecule has 2 atom stereocenters. The average Bonchev–Trinajstić information content (AvgIpc) is 1.85. The average molecular weight is 160 g/mol. The Labute approximate surface area is 66.5 Å². The molecule has 0 saturated heterocycles. The molecule has 0 spiro atoms. The van der Waals surface area contributed by atoms with Gasteiger partial charge in [0.25, 0.3) is 0 Å². The summed E-state index contributed by atoms with van der Waals surface area (Å²) in [6.45, 7) is 11.1. The minimum absolute atomic E-state index is 0.469. The Hall–Kier alpha value is 0.177. The minimum atomic E-state index is -0.798. The highest BCUT2D eigenvalue weighted by Crippen LogP contribution is 2.11. The Morgan fingerprint density at radius 2 is 1.80 bits per heavy atom. The predicted molar refractivity (Wildman–Crippen MR) is 48.9 cm³/mol. The smallest absolute Gasteiger partial charge is 0.171 e. The SMILES string of the molecule is CCC(C)C(C)O[SiH](C)C. The van der Waals surface area contributed by atoms with E-state index >= 15 is 0 Å². The third-order valence-electron chi connectivity index (χ3n) is 1.93. The van der Waals surface area contributed by atoms with E-state index in [1.807, 2.05) is 0 Å². The van der Waals surface area contributed by atoms with Crippen LogP contribution < -0.4 is 0 Å². The summed E-state index contributed by atoms with van der Waals surface area (Å²) in [6.07, 6.45) is 1.69. The van der Waals surface area contributed by atoms with E-state index in [1.165, 1.54) is 6.42 Å². The van der Waals surface area contributed by atoms with Crippen molar-refractivity contribution in [3.8, 4) is 0 Å². The fourth-order valence-electron chi connectivity index (χ4n) is 0.895. The summed E-state index contributed by atoms with van der Waals surface area (Å²) in [5, 5.41) is 0. The second-order valence-electron chi connectivity index (χ2n) is 3.28. The molecular formula is C8H20OSi. The Balaban J connectivity index is 3.50. The van der Waals surface area contributed by atoms with Crippen molar-refractivity contribution in [3.05, 3.63) is 0 Å². The third kappa shape index (κ3) is 4.07. The van der Waals surface area contributed by atoms with Crippen molar-refractivity contribution in [2.24, 2.45) is 5.92 Å². The number of hydrogen-bond donors (Lipinski definition) is 0. The molecule has 0 aliphatic carbocycles. The standard InChI is InChI=1S/C8H20OSi/c1-6-7(2)8(3)9-10(4)5/h7-8,10H,6H2,1-5H3. The van der Waals surface area contributed by atoms with Gasteiger partial charge in [-0.1, -0.05) is 20.3 Å². The lowest BCUT2D eigenvalue weighted by Crippen LogP contribution is -2.23. The topological polar surface area (TPSA) is 9.23 Å². The first kappa shape index (κ1) is 10.2. The van der Waals surface area contributed by atoms with Crippen LogP contribution in [0.2, 0.25) is 13.1 Å². The molecule has 0 aromatic carbocycles. The summed E-state index contributed by atoms with van der Waals surface area (Å²) in [5.41, 5.74) is 0. The Bertz CT molecular complexity index is 83.3. The van der Waals surface area contributed by atoms with Crippen LogP contribution in [0.15, 0.2) is 0 Å². The van der Waals surface area contributed by atoms with E-state index in [2.05, 4.69) is 33.9 Å². The van der Waals surface area contributed by atoms with Gasteiger partial charge < -0.3 is 4.43 Å². The van der Waals surface area contributed by atoms with Gasteiger partial charge in [-0.3, -0.25) is 0 Å². The molecule has 2 unspecified atom stereocenters. The Morgan fingerprint density at radius 1 is 1.30 bits per heavy atom. The van der Waals surface area contributed by atoms with Crippen molar-refractivity contribution in [1.29, 1.82) is 0 Å². The summed E-state index contributed by atoms with van der Waals surface area (Å²) < 4.78 is 5.74. The minimum Gasteiger partial charge on any atom is -0.418 e. The lowest BCUT2D eigenvalue weighted by atomic mass is 10.0. The molecule has 0 heterocycles. The van der Waals surface area contributed by atoms with Crippen LogP contribution in [-0.2, 0) is 4.43 Å². The predicted octanol–water partition coefficient (Wildman–Crippen LogP) is 2.42. The molecule has 0 aromatic heterocycles. The maximum atomic E-state index is 5.74. The first-order valence-electron chi connectivity index (χ1n) is 4.23. The molecule has 0 saturated carbocycles. The Morgan fingerprint density at radius 3 is 2.10 bits per heavy atom. The van der Waals surface area contributed by atoms with Crippen molar-refractivity contribution in [1.82, 2.24) is 0 Å². The van der Waals surface area contributed by atoms with E-state index in [-0.39, 0.29) is 0 Å². The van der Waals surface area contributed by atoms with Crippen LogP contribution in [0.4, 0.5) is 0 Å². The zero-order valence-corrected chi connectivity index (χ0v) is 9.00. The fourth-order valence-corrected chi connectivity index (χ4v) is 2.02. The first-order valence-corrected chi connectivity index (χ1v) is 7.01. The van der Waals surface area contributed by atoms with Gasteiger partial charge in [0.05, 0.1) is 0 Å². The molecule has 0 amide bonds. The molecule has 1 nitrogen and oxygen atoms in total. The molecule has 0 aliphatic heterocycles. The summed E-state index contributed by atoms with van der Waals surface area (Å²) >= 11 is 0. The largest absolute Gasteiger partial charge is 0.418 e. The highest BCUT2D eigenvalue weighted by Gasteiger charge is 2.11. The van der Waals surface area contributed by atoms with E-state index < -0.39 is 9.04 Å². The molecular weight excluding hydrogens is 140 g/mol. The molecule has 0 bridgehead atoms. The second kappa shape index (κ2) is 4.91. The molecule has 0 fully saturated rings. The van der Waals surface area contributed by atoms with Gasteiger partial charge in [-0.05, 0) is 25.9 Å². The lowest BCUT2D eigenvalue weighted by Gasteiger charge is -2.21. The molecule has 10 heavy (non-hydrogen) atoms. The van der Waals surface area contributed by atoms with Crippen LogP contribution >= 0.6 is 0 Å². The van der Waals surface area contributed by atoms with Crippen molar-refractivity contribution in [2.75, 3.05) is 0 Å². The van der Waals surface area contributed by atoms with Gasteiger partial charge in [0, 0.05) is 6.10 Å². The molecule has 62 valence electrons. The van der Waals surface area contributed by atoms with Crippen LogP contribution in [0.1, 0.15) is 27.2 Å². The normalized spacial score (nSPS) is 17.4. The van der Waals surface area contributed by atoms with E-state index in [1.54, 1.807) is 0 Å². The van der Waals surface area contributed by atoms with E-state index in [0.29, 0.717) is 6.10 Å². The maximum absolute atomic E-state index is 5.74. The van der Waals surface area contributed by atoms with Gasteiger partial charge in [0.1, 0.15) is 0 Å². The molecule has 2 heteroatoms. The summed E-state index contributed by atoms with van der Waals surface area (Å²) in [7, 11) is -0.798. The van der Waals surface area contributed by atoms with E-state index in [9.17, 15) is 0 Å². The van der Waals surface area contributed by atoms with Gasteiger partial charge in [-0.25, -0.2) is 0 Å². The van der Waals surface area contributed by atoms with Crippen LogP contribution in [-0.4, -0.2) is 15.1 Å². The van der Waals surface area contributed by atoms with Crippen molar-refractivity contribution in [3.63, 3.8) is 0 Å². The Kier molecular flexibility index (Phi) is 5.00. The van der Waals surface area contributed by atoms with Crippen molar-refractivity contribution < 1.29 is 4.43 Å². The van der Waals surface area contributed by atoms with Gasteiger partial charge >= 0.3 is 0 Å². The quantitative estimate of drug-likeness (QED) is 0.574. The van der Waals surface area contributed by atoms with Crippen molar-refractivity contribution in [2.45, 2.75) is 46.4 Å². The van der Waals surface area contributed by atoms with Gasteiger partial charge in [-0.2, -0.15) is 0 Å². The molecule has 0 aromatic rings. The van der Waals surface area contributed by atoms with Crippen LogP contribution in [0.5, 0.6) is 0 Å².